The molecule has 2 aromatic rings. The van der Waals surface area contributed by atoms with E-state index in [1.165, 1.54) is 24.3 Å². The summed E-state index contributed by atoms with van der Waals surface area (Å²) in [5, 5.41) is 16.1. The summed E-state index contributed by atoms with van der Waals surface area (Å²) in [6, 6.07) is 13.0. The fraction of sp³-hybridized carbons (Fsp3) is 0.263. The van der Waals surface area contributed by atoms with E-state index in [1.807, 2.05) is 38.1 Å². The molecule has 1 unspecified atom stereocenters. The maximum atomic E-state index is 12.0. The second kappa shape index (κ2) is 8.75. The topological polar surface area (TPSA) is 101 Å². The Morgan fingerprint density at radius 3 is 2.38 bits per heavy atom. The Bertz CT molecular complexity index is 803. The third kappa shape index (κ3) is 5.14. The van der Waals surface area contributed by atoms with E-state index in [9.17, 15) is 19.7 Å². The predicted octanol–water partition coefficient (Wildman–Crippen LogP) is 2.90. The molecule has 2 aromatic carbocycles. The lowest BCUT2D eigenvalue weighted by Crippen LogP contribution is -2.32. The Morgan fingerprint density at radius 2 is 1.77 bits per heavy atom. The minimum absolute atomic E-state index is 0.0777. The van der Waals surface area contributed by atoms with E-state index < -0.39 is 4.92 Å². The van der Waals surface area contributed by atoms with Crippen molar-refractivity contribution in [1.82, 2.24) is 10.6 Å². The number of nitro groups is 1. The number of nitrogens with one attached hydrogen (secondary N) is 2. The van der Waals surface area contributed by atoms with Gasteiger partial charge in [-0.25, -0.2) is 0 Å². The molecule has 0 radical (unpaired) electrons. The fourth-order valence-electron chi connectivity index (χ4n) is 2.59. The molecule has 0 aliphatic rings. The Balaban J connectivity index is 1.79. The van der Waals surface area contributed by atoms with Crippen LogP contribution >= 0.6 is 0 Å². The van der Waals surface area contributed by atoms with Crippen LogP contribution in [0.1, 0.15) is 40.9 Å². The normalized spacial score (nSPS) is 11.5. The van der Waals surface area contributed by atoms with Crippen molar-refractivity contribution in [2.24, 2.45) is 0 Å². The van der Waals surface area contributed by atoms with Gasteiger partial charge in [0.05, 0.1) is 11.0 Å². The van der Waals surface area contributed by atoms with Gasteiger partial charge in [-0.1, -0.05) is 24.3 Å². The van der Waals surface area contributed by atoms with E-state index in [0.29, 0.717) is 5.56 Å². The lowest BCUT2D eigenvalue weighted by atomic mass is 10.0. The van der Waals surface area contributed by atoms with Gasteiger partial charge in [-0.15, -0.1) is 0 Å². The maximum absolute atomic E-state index is 12.0. The van der Waals surface area contributed by atoms with E-state index in [4.69, 9.17) is 0 Å². The summed E-state index contributed by atoms with van der Waals surface area (Å²) in [6.07, 6.45) is 0.148. The van der Waals surface area contributed by atoms with E-state index in [2.05, 4.69) is 10.6 Å². The van der Waals surface area contributed by atoms with Crippen LogP contribution in [-0.4, -0.2) is 23.3 Å². The second-order valence-electron chi connectivity index (χ2n) is 5.96. The molecule has 1 atom stereocenters. The second-order valence-corrected chi connectivity index (χ2v) is 5.96. The SMILES string of the molecule is Cc1ccccc1C(C)NC(=O)CCNC(=O)c1ccc([N+](=O)[O-])cc1. The van der Waals surface area contributed by atoms with Gasteiger partial charge in [0.1, 0.15) is 0 Å². The number of aryl methyl sites for hydroxylation is 1. The first-order valence-electron chi connectivity index (χ1n) is 8.26. The van der Waals surface area contributed by atoms with Crippen molar-refractivity contribution in [2.75, 3.05) is 6.54 Å². The molecule has 0 heterocycles. The van der Waals surface area contributed by atoms with Gasteiger partial charge < -0.3 is 10.6 Å². The first-order chi connectivity index (χ1) is 12.4. The highest BCUT2D eigenvalue weighted by Gasteiger charge is 2.12. The van der Waals surface area contributed by atoms with E-state index in [0.717, 1.165) is 11.1 Å². The molecule has 136 valence electrons. The van der Waals surface area contributed by atoms with E-state index in [1.54, 1.807) is 0 Å². The van der Waals surface area contributed by atoms with Gasteiger partial charge in [0, 0.05) is 30.7 Å². The van der Waals surface area contributed by atoms with Crippen molar-refractivity contribution in [1.29, 1.82) is 0 Å². The molecule has 0 saturated heterocycles. The van der Waals surface area contributed by atoms with Crippen LogP contribution in [0.5, 0.6) is 0 Å². The lowest BCUT2D eigenvalue weighted by Gasteiger charge is -2.16. The van der Waals surface area contributed by atoms with Gasteiger partial charge >= 0.3 is 0 Å². The van der Waals surface area contributed by atoms with Crippen molar-refractivity contribution in [3.8, 4) is 0 Å². The lowest BCUT2D eigenvalue weighted by molar-refractivity contribution is -0.384. The van der Waals surface area contributed by atoms with Crippen molar-refractivity contribution >= 4 is 17.5 Å². The summed E-state index contributed by atoms with van der Waals surface area (Å²) in [4.78, 5) is 34.1. The number of benzene rings is 2. The molecule has 2 amide bonds. The molecule has 2 N–H and O–H groups in total. The number of hydrogen-bond acceptors (Lipinski definition) is 4. The number of amides is 2. The number of nitro benzene ring substituents is 1. The van der Waals surface area contributed by atoms with E-state index >= 15 is 0 Å². The zero-order valence-corrected chi connectivity index (χ0v) is 14.7. The Labute approximate surface area is 151 Å². The molecule has 26 heavy (non-hydrogen) atoms. The first-order valence-corrected chi connectivity index (χ1v) is 8.26. The van der Waals surface area contributed by atoms with Crippen LogP contribution in [0.25, 0.3) is 0 Å². The molecule has 0 saturated carbocycles. The van der Waals surface area contributed by atoms with Crippen LogP contribution in [0.15, 0.2) is 48.5 Å². The van der Waals surface area contributed by atoms with E-state index in [-0.39, 0.29) is 36.5 Å². The molecule has 0 aliphatic carbocycles. The van der Waals surface area contributed by atoms with Crippen molar-refractivity contribution in [3.05, 3.63) is 75.3 Å². The molecule has 2 rings (SSSR count). The van der Waals surface area contributed by atoms with Crippen LogP contribution in [0.3, 0.4) is 0 Å². The standard InChI is InChI=1S/C19H21N3O4/c1-13-5-3-4-6-17(13)14(2)21-18(23)11-12-20-19(24)15-7-9-16(10-8-15)22(25)26/h3-10,14H,11-12H2,1-2H3,(H,20,24)(H,21,23). The highest BCUT2D eigenvalue weighted by Crippen LogP contribution is 2.16. The number of carbonyl (C=O) groups excluding carboxylic acids is 2. The summed E-state index contributed by atoms with van der Waals surface area (Å²) >= 11 is 0. The summed E-state index contributed by atoms with van der Waals surface area (Å²) in [5.41, 5.74) is 2.39. The quantitative estimate of drug-likeness (QED) is 0.589. The minimum Gasteiger partial charge on any atom is -0.352 e. The third-order valence-electron chi connectivity index (χ3n) is 4.01. The Morgan fingerprint density at radius 1 is 1.12 bits per heavy atom. The summed E-state index contributed by atoms with van der Waals surface area (Å²) in [6.45, 7) is 4.08. The summed E-state index contributed by atoms with van der Waals surface area (Å²) in [7, 11) is 0. The fourth-order valence-corrected chi connectivity index (χ4v) is 2.59. The molecule has 7 heteroatoms. The molecule has 0 spiro atoms. The maximum Gasteiger partial charge on any atom is 0.269 e. The largest absolute Gasteiger partial charge is 0.352 e. The highest BCUT2D eigenvalue weighted by atomic mass is 16.6. The Hall–Kier alpha value is -3.22. The van der Waals surface area contributed by atoms with Crippen LogP contribution in [0.2, 0.25) is 0 Å². The van der Waals surface area contributed by atoms with Gasteiger partial charge in [0.2, 0.25) is 5.91 Å². The third-order valence-corrected chi connectivity index (χ3v) is 4.01. The Kier molecular flexibility index (Phi) is 6.43. The monoisotopic (exact) mass is 355 g/mol. The molecular formula is C19H21N3O4. The van der Waals surface area contributed by atoms with Crippen LogP contribution in [0.4, 0.5) is 5.69 Å². The number of nitrogens with zero attached hydrogens (tertiary/aromatic N) is 1. The van der Waals surface area contributed by atoms with Gasteiger partial charge in [0.25, 0.3) is 11.6 Å². The minimum atomic E-state index is -0.526. The van der Waals surface area contributed by atoms with Gasteiger partial charge in [-0.3, -0.25) is 19.7 Å². The summed E-state index contributed by atoms with van der Waals surface area (Å²) < 4.78 is 0. The van der Waals surface area contributed by atoms with Crippen molar-refractivity contribution in [3.63, 3.8) is 0 Å². The molecular weight excluding hydrogens is 334 g/mol. The number of hydrogen-bond donors (Lipinski definition) is 2. The molecule has 7 nitrogen and oxygen atoms in total. The van der Waals surface area contributed by atoms with Crippen LogP contribution < -0.4 is 10.6 Å². The van der Waals surface area contributed by atoms with Gasteiger partial charge in [-0.2, -0.15) is 0 Å². The van der Waals surface area contributed by atoms with Crippen LogP contribution in [-0.2, 0) is 4.79 Å². The number of rotatable bonds is 7. The molecule has 0 aliphatic heterocycles. The zero-order chi connectivity index (χ0) is 19.1. The molecule has 0 aromatic heterocycles. The smallest absolute Gasteiger partial charge is 0.269 e. The molecule has 0 bridgehead atoms. The van der Waals surface area contributed by atoms with Crippen molar-refractivity contribution in [2.45, 2.75) is 26.3 Å². The van der Waals surface area contributed by atoms with Crippen LogP contribution in [0, 0.1) is 17.0 Å². The zero-order valence-electron chi connectivity index (χ0n) is 14.7. The highest BCUT2D eigenvalue weighted by molar-refractivity contribution is 5.94. The van der Waals surface area contributed by atoms with Gasteiger partial charge in [-0.05, 0) is 37.1 Å². The van der Waals surface area contributed by atoms with Crippen molar-refractivity contribution < 1.29 is 14.5 Å². The molecule has 0 fully saturated rings. The summed E-state index contributed by atoms with van der Waals surface area (Å²) in [5.74, 6) is -0.538. The number of non-ortho nitro benzene ring substituents is 1. The average molecular weight is 355 g/mol. The number of carbonyl (C=O) groups is 2. The predicted molar refractivity (Wildman–Crippen MR) is 97.8 cm³/mol. The van der Waals surface area contributed by atoms with Gasteiger partial charge in [0.15, 0.2) is 0 Å². The average Bonchev–Trinajstić information content (AvgIpc) is 2.62. The first kappa shape index (κ1) is 19.1.